The quantitative estimate of drug-likeness (QED) is 0.487. The number of rotatable bonds is 3. The molecule has 0 spiro atoms. The number of aliphatic hydroxyl groups excluding tert-OH is 1. The maximum absolute atomic E-state index is 8.66. The average Bonchev–Trinajstić information content (AvgIpc) is 1.68. The van der Waals surface area contributed by atoms with E-state index in [0.717, 1.165) is 0 Å². The smallest absolute Gasteiger partial charge is 0.0730 e. The Bertz CT molecular complexity index is 54.0. The summed E-state index contributed by atoms with van der Waals surface area (Å²) in [5.74, 6) is 0. The van der Waals surface area contributed by atoms with Gasteiger partial charge in [-0.2, -0.15) is 0 Å². The van der Waals surface area contributed by atoms with Gasteiger partial charge in [0.2, 0.25) is 0 Å². The molecule has 0 unspecified atom stereocenters. The first kappa shape index (κ1) is 6.66. The molecule has 42 valence electrons. The van der Waals surface area contributed by atoms with Crippen molar-refractivity contribution in [3.8, 4) is 0 Å². The molecule has 0 aliphatic rings. The van der Waals surface area contributed by atoms with Gasteiger partial charge in [-0.3, -0.25) is 0 Å². The van der Waals surface area contributed by atoms with Crippen LogP contribution in [0.4, 0.5) is 0 Å². The van der Waals surface area contributed by atoms with Gasteiger partial charge in [-0.1, -0.05) is 6.08 Å². The third-order valence-corrected chi connectivity index (χ3v) is 0.735. The van der Waals surface area contributed by atoms with Crippen LogP contribution in [0.15, 0.2) is 12.7 Å². The second kappa shape index (κ2) is 3.84. The van der Waals surface area contributed by atoms with Crippen molar-refractivity contribution in [2.24, 2.45) is 5.73 Å². The Labute approximate surface area is 43.6 Å². The number of aliphatic hydroxyl groups is 1. The molecule has 0 heterocycles. The van der Waals surface area contributed by atoms with Crippen LogP contribution < -0.4 is 5.73 Å². The van der Waals surface area contributed by atoms with E-state index >= 15 is 0 Å². The first-order chi connectivity index (χ1) is 3.31. The second-order valence-electron chi connectivity index (χ2n) is 1.38. The fourth-order valence-electron chi connectivity index (χ4n) is 0.289. The van der Waals surface area contributed by atoms with Crippen molar-refractivity contribution in [2.45, 2.75) is 12.5 Å². The van der Waals surface area contributed by atoms with Crippen LogP contribution in [0.5, 0.6) is 0 Å². The van der Waals surface area contributed by atoms with Gasteiger partial charge in [0, 0.05) is 0 Å². The summed E-state index contributed by atoms with van der Waals surface area (Å²) in [6.07, 6.45) is 1.68. The van der Waals surface area contributed by atoms with Gasteiger partial charge >= 0.3 is 0 Å². The molecule has 0 aromatic carbocycles. The third kappa shape index (κ3) is 3.49. The summed E-state index contributed by atoms with van der Waals surface area (Å²) in [7, 11) is 0. The summed E-state index contributed by atoms with van der Waals surface area (Å²) in [6, 6.07) is 0. The molecule has 2 nitrogen and oxygen atoms in total. The highest BCUT2D eigenvalue weighted by Gasteiger charge is 1.91. The maximum atomic E-state index is 8.66. The van der Waals surface area contributed by atoms with E-state index in [0.29, 0.717) is 13.0 Å². The zero-order chi connectivity index (χ0) is 5.70. The van der Waals surface area contributed by atoms with Crippen molar-refractivity contribution in [1.82, 2.24) is 0 Å². The molecule has 0 fully saturated rings. The Morgan fingerprint density at radius 1 is 1.86 bits per heavy atom. The highest BCUT2D eigenvalue weighted by atomic mass is 16.3. The van der Waals surface area contributed by atoms with E-state index in [1.54, 1.807) is 0 Å². The van der Waals surface area contributed by atoms with E-state index < -0.39 is 6.10 Å². The molecule has 0 bridgehead atoms. The Balaban J connectivity index is 2.98. The Hall–Kier alpha value is -0.340. The largest absolute Gasteiger partial charge is 0.389 e. The summed E-state index contributed by atoms with van der Waals surface area (Å²) >= 11 is 0. The van der Waals surface area contributed by atoms with Crippen LogP contribution in [0.2, 0.25) is 0 Å². The lowest BCUT2D eigenvalue weighted by atomic mass is 10.2. The first-order valence-corrected chi connectivity index (χ1v) is 2.32. The Kier molecular flexibility index (Phi) is 3.65. The van der Waals surface area contributed by atoms with E-state index in [1.165, 1.54) is 6.08 Å². The highest BCUT2D eigenvalue weighted by Crippen LogP contribution is 1.86. The molecular weight excluding hydrogens is 90.1 g/mol. The van der Waals surface area contributed by atoms with Crippen LogP contribution >= 0.6 is 0 Å². The lowest BCUT2D eigenvalue weighted by Gasteiger charge is -1.98. The number of nitrogens with two attached hydrogens (primary N) is 1. The molecule has 3 N–H and O–H groups in total. The van der Waals surface area contributed by atoms with Gasteiger partial charge in [-0.25, -0.2) is 0 Å². The summed E-state index contributed by atoms with van der Waals surface area (Å²) in [4.78, 5) is 0. The molecule has 0 radical (unpaired) electrons. The number of hydrogen-bond acceptors (Lipinski definition) is 2. The van der Waals surface area contributed by atoms with Gasteiger partial charge in [-0.15, -0.1) is 6.58 Å². The van der Waals surface area contributed by atoms with Crippen molar-refractivity contribution in [3.63, 3.8) is 0 Å². The molecule has 0 rings (SSSR count). The fraction of sp³-hybridized carbons (Fsp3) is 0.600. The predicted molar refractivity (Wildman–Crippen MR) is 29.9 cm³/mol. The highest BCUT2D eigenvalue weighted by molar-refractivity contribution is 4.77. The summed E-state index contributed by atoms with van der Waals surface area (Å²) < 4.78 is 0. The lowest BCUT2D eigenvalue weighted by Crippen LogP contribution is -2.09. The van der Waals surface area contributed by atoms with Crippen molar-refractivity contribution >= 4 is 0 Å². The Morgan fingerprint density at radius 3 is 2.57 bits per heavy atom. The van der Waals surface area contributed by atoms with Crippen LogP contribution in [0.1, 0.15) is 6.42 Å². The normalized spacial score (nSPS) is 13.4. The van der Waals surface area contributed by atoms with Crippen LogP contribution in [-0.4, -0.2) is 17.8 Å². The third-order valence-electron chi connectivity index (χ3n) is 0.735. The van der Waals surface area contributed by atoms with Crippen molar-refractivity contribution in [3.05, 3.63) is 12.7 Å². The summed E-state index contributed by atoms with van der Waals surface area (Å²) in [6.45, 7) is 3.89. The van der Waals surface area contributed by atoms with Gasteiger partial charge in [0.1, 0.15) is 0 Å². The van der Waals surface area contributed by atoms with E-state index in [-0.39, 0.29) is 0 Å². The number of hydrogen-bond donors (Lipinski definition) is 2. The minimum atomic E-state index is -0.412. The van der Waals surface area contributed by atoms with E-state index in [1.807, 2.05) is 0 Å². The van der Waals surface area contributed by atoms with Crippen LogP contribution in [-0.2, 0) is 0 Å². The zero-order valence-corrected chi connectivity index (χ0v) is 4.30. The summed E-state index contributed by atoms with van der Waals surface area (Å²) in [5, 5.41) is 8.66. The molecule has 0 aromatic rings. The van der Waals surface area contributed by atoms with Crippen molar-refractivity contribution in [2.75, 3.05) is 6.54 Å². The van der Waals surface area contributed by atoms with E-state index in [2.05, 4.69) is 6.58 Å². The summed E-state index contributed by atoms with van der Waals surface area (Å²) in [5.41, 5.74) is 5.10. The van der Waals surface area contributed by atoms with Gasteiger partial charge in [0.25, 0.3) is 0 Å². The minimum Gasteiger partial charge on any atom is -0.389 e. The fourth-order valence-corrected chi connectivity index (χ4v) is 0.289. The molecular formula is C5H11NO. The van der Waals surface area contributed by atoms with Gasteiger partial charge in [-0.05, 0) is 13.0 Å². The van der Waals surface area contributed by atoms with Gasteiger partial charge in [0.05, 0.1) is 6.10 Å². The molecule has 0 saturated carbocycles. The van der Waals surface area contributed by atoms with Gasteiger partial charge in [0.15, 0.2) is 0 Å². The monoisotopic (exact) mass is 101 g/mol. The maximum Gasteiger partial charge on any atom is 0.0730 e. The topological polar surface area (TPSA) is 46.2 Å². The average molecular weight is 101 g/mol. The predicted octanol–water partition coefficient (Wildman–Crippen LogP) is -0.118. The Morgan fingerprint density at radius 2 is 2.43 bits per heavy atom. The van der Waals surface area contributed by atoms with Crippen LogP contribution in [0.25, 0.3) is 0 Å². The van der Waals surface area contributed by atoms with E-state index in [9.17, 15) is 0 Å². The molecule has 0 aromatic heterocycles. The van der Waals surface area contributed by atoms with Crippen molar-refractivity contribution in [1.29, 1.82) is 0 Å². The molecule has 0 aliphatic heterocycles. The standard InChI is InChI=1S/C5H11NO/c1-2-5(7)3-4-6/h2,5,7H,1,3-4,6H2/t5-/m1/s1. The van der Waals surface area contributed by atoms with E-state index in [4.69, 9.17) is 10.8 Å². The molecule has 0 amide bonds. The second-order valence-corrected chi connectivity index (χ2v) is 1.38. The molecule has 2 heteroatoms. The van der Waals surface area contributed by atoms with Crippen molar-refractivity contribution < 1.29 is 5.11 Å². The van der Waals surface area contributed by atoms with Crippen LogP contribution in [0.3, 0.4) is 0 Å². The van der Waals surface area contributed by atoms with Crippen LogP contribution in [0, 0.1) is 0 Å². The van der Waals surface area contributed by atoms with Gasteiger partial charge < -0.3 is 10.8 Å². The molecule has 0 saturated heterocycles. The lowest BCUT2D eigenvalue weighted by molar-refractivity contribution is 0.216. The minimum absolute atomic E-state index is 0.412. The zero-order valence-electron chi connectivity index (χ0n) is 4.30. The molecule has 0 aliphatic carbocycles. The first-order valence-electron chi connectivity index (χ1n) is 2.32. The SMILES string of the molecule is C=C[C@@H](O)CCN. The molecule has 7 heavy (non-hydrogen) atoms. The molecule has 1 atom stereocenters.